The third-order valence-electron chi connectivity index (χ3n) is 9.90. The molecule has 6 nitrogen and oxygen atoms in total. The number of hydrogen-bond acceptors (Lipinski definition) is 6. The molecule has 0 aromatic heterocycles. The van der Waals surface area contributed by atoms with Crippen LogP contribution in [0.25, 0.3) is 0 Å². The van der Waals surface area contributed by atoms with Gasteiger partial charge in [-0.05, 0) is 37.0 Å². The third kappa shape index (κ3) is 39.5. The summed E-state index contributed by atoms with van der Waals surface area (Å²) in [4.78, 5) is 37.6. The second-order valence-electron chi connectivity index (χ2n) is 16.8. The maximum Gasteiger partial charge on any atom is 0.306 e. The summed E-state index contributed by atoms with van der Waals surface area (Å²) in [6, 6.07) is 0. The van der Waals surface area contributed by atoms with Gasteiger partial charge in [-0.2, -0.15) is 0 Å². The van der Waals surface area contributed by atoms with E-state index in [0.29, 0.717) is 19.3 Å². The maximum atomic E-state index is 12.6. The summed E-state index contributed by atoms with van der Waals surface area (Å²) in [5.74, 6) is 1.50. The van der Waals surface area contributed by atoms with Crippen molar-refractivity contribution in [1.82, 2.24) is 0 Å². The lowest BCUT2D eigenvalue weighted by Gasteiger charge is -2.18. The molecule has 0 aliphatic carbocycles. The first-order valence-electron chi connectivity index (χ1n) is 22.1. The van der Waals surface area contributed by atoms with Crippen LogP contribution >= 0.6 is 0 Å². The zero-order chi connectivity index (χ0) is 37.8. The first-order chi connectivity index (χ1) is 24.6. The van der Waals surface area contributed by atoms with E-state index in [-0.39, 0.29) is 31.1 Å². The summed E-state index contributed by atoms with van der Waals surface area (Å²) in [6.45, 7) is 13.6. The molecule has 1 atom stereocenters. The molecule has 0 N–H and O–H groups in total. The second kappa shape index (κ2) is 36.8. The van der Waals surface area contributed by atoms with Crippen LogP contribution in [0.2, 0.25) is 0 Å². The van der Waals surface area contributed by atoms with Crippen LogP contribution in [0.15, 0.2) is 0 Å². The van der Waals surface area contributed by atoms with Crippen molar-refractivity contribution in [2.45, 2.75) is 240 Å². The Balaban J connectivity index is 4.31. The minimum atomic E-state index is -0.762. The number of unbranched alkanes of at least 4 members (excludes halogenated alkanes) is 21. The molecule has 0 aliphatic heterocycles. The Hall–Kier alpha value is -1.59. The van der Waals surface area contributed by atoms with E-state index in [0.717, 1.165) is 75.5 Å². The molecular weight excluding hydrogens is 636 g/mol. The Kier molecular flexibility index (Phi) is 35.6. The summed E-state index contributed by atoms with van der Waals surface area (Å²) in [7, 11) is 0. The van der Waals surface area contributed by atoms with Crippen LogP contribution in [-0.4, -0.2) is 37.2 Å². The van der Waals surface area contributed by atoms with Crippen LogP contribution in [-0.2, 0) is 28.6 Å². The van der Waals surface area contributed by atoms with Crippen LogP contribution in [0.3, 0.4) is 0 Å². The fourth-order valence-electron chi connectivity index (χ4n) is 6.52. The molecule has 0 fully saturated rings. The van der Waals surface area contributed by atoms with Crippen LogP contribution in [0, 0.1) is 17.8 Å². The largest absolute Gasteiger partial charge is 0.462 e. The number of ether oxygens (including phenoxy) is 3. The molecule has 0 bridgehead atoms. The number of rotatable bonds is 38. The van der Waals surface area contributed by atoms with Crippen molar-refractivity contribution in [3.05, 3.63) is 0 Å². The second-order valence-corrected chi connectivity index (χ2v) is 16.8. The van der Waals surface area contributed by atoms with Gasteiger partial charge in [-0.15, -0.1) is 0 Å². The Bertz CT molecular complexity index is 792. The zero-order valence-corrected chi connectivity index (χ0v) is 34.9. The van der Waals surface area contributed by atoms with E-state index in [4.69, 9.17) is 14.2 Å². The van der Waals surface area contributed by atoms with Gasteiger partial charge in [0.15, 0.2) is 6.10 Å². The monoisotopic (exact) mass is 723 g/mol. The molecule has 0 radical (unpaired) electrons. The van der Waals surface area contributed by atoms with Crippen molar-refractivity contribution in [3.8, 4) is 0 Å². The van der Waals surface area contributed by atoms with Gasteiger partial charge in [0.25, 0.3) is 0 Å². The Morgan fingerprint density at radius 3 is 0.843 bits per heavy atom. The quantitative estimate of drug-likeness (QED) is 0.0359. The summed E-state index contributed by atoms with van der Waals surface area (Å²) in [5, 5.41) is 0. The standard InChI is InChI=1S/C45H86O6/c1-39(2)31-25-19-13-10-8-7-9-11-15-22-28-34-43(46)49-37-42(51-45(48)36-30-24-18-17-21-27-33-41(5)6)38-50-44(47)35-29-23-16-12-14-20-26-32-40(3)4/h39-42H,7-38H2,1-6H3/t42-/m0/s1. The molecule has 0 saturated heterocycles. The predicted molar refractivity (Wildman–Crippen MR) is 215 cm³/mol. The zero-order valence-electron chi connectivity index (χ0n) is 34.9. The lowest BCUT2D eigenvalue weighted by Crippen LogP contribution is -2.30. The van der Waals surface area contributed by atoms with E-state index in [1.54, 1.807) is 0 Å². The highest BCUT2D eigenvalue weighted by molar-refractivity contribution is 5.71. The van der Waals surface area contributed by atoms with Gasteiger partial charge in [0.05, 0.1) is 0 Å². The SMILES string of the molecule is CC(C)CCCCCCCCCCCCCC(=O)OC[C@@H](COC(=O)CCCCCCCCCC(C)C)OC(=O)CCCCCCCCC(C)C. The smallest absolute Gasteiger partial charge is 0.306 e. The average molecular weight is 723 g/mol. The minimum Gasteiger partial charge on any atom is -0.462 e. The van der Waals surface area contributed by atoms with E-state index in [1.165, 1.54) is 116 Å². The van der Waals surface area contributed by atoms with Gasteiger partial charge in [-0.1, -0.05) is 196 Å². The van der Waals surface area contributed by atoms with E-state index in [1.807, 2.05) is 0 Å². The van der Waals surface area contributed by atoms with Crippen molar-refractivity contribution in [2.75, 3.05) is 13.2 Å². The van der Waals surface area contributed by atoms with Gasteiger partial charge in [0, 0.05) is 19.3 Å². The Morgan fingerprint density at radius 2 is 0.569 bits per heavy atom. The lowest BCUT2D eigenvalue weighted by molar-refractivity contribution is -0.167. The molecular formula is C45H86O6. The maximum absolute atomic E-state index is 12.6. The molecule has 0 spiro atoms. The fraction of sp³-hybridized carbons (Fsp3) is 0.933. The molecule has 0 rings (SSSR count). The van der Waals surface area contributed by atoms with Crippen molar-refractivity contribution in [2.24, 2.45) is 17.8 Å². The number of carbonyl (C=O) groups excluding carboxylic acids is 3. The molecule has 0 saturated carbocycles. The molecule has 51 heavy (non-hydrogen) atoms. The number of esters is 3. The molecule has 302 valence electrons. The molecule has 0 aromatic rings. The summed E-state index contributed by atoms with van der Waals surface area (Å²) >= 11 is 0. The van der Waals surface area contributed by atoms with Gasteiger partial charge >= 0.3 is 17.9 Å². The predicted octanol–water partition coefficient (Wildman–Crippen LogP) is 13.7. The van der Waals surface area contributed by atoms with E-state index in [2.05, 4.69) is 41.5 Å². The fourth-order valence-corrected chi connectivity index (χ4v) is 6.52. The summed E-state index contributed by atoms with van der Waals surface area (Å²) in [5.41, 5.74) is 0. The lowest BCUT2D eigenvalue weighted by atomic mass is 10.0. The van der Waals surface area contributed by atoms with Crippen molar-refractivity contribution < 1.29 is 28.6 Å². The van der Waals surface area contributed by atoms with Gasteiger partial charge in [0.1, 0.15) is 13.2 Å². The minimum absolute atomic E-state index is 0.0675. The first-order valence-corrected chi connectivity index (χ1v) is 22.1. The third-order valence-corrected chi connectivity index (χ3v) is 9.90. The molecule has 0 aromatic carbocycles. The van der Waals surface area contributed by atoms with E-state index < -0.39 is 6.10 Å². The topological polar surface area (TPSA) is 78.9 Å². The van der Waals surface area contributed by atoms with Crippen molar-refractivity contribution in [3.63, 3.8) is 0 Å². The Labute approximate surface area is 317 Å². The van der Waals surface area contributed by atoms with E-state index in [9.17, 15) is 14.4 Å². The summed E-state index contributed by atoms with van der Waals surface area (Å²) in [6.07, 6.45) is 32.5. The van der Waals surface area contributed by atoms with Crippen molar-refractivity contribution >= 4 is 17.9 Å². The van der Waals surface area contributed by atoms with E-state index >= 15 is 0 Å². The highest BCUT2D eigenvalue weighted by atomic mass is 16.6. The van der Waals surface area contributed by atoms with Gasteiger partial charge < -0.3 is 14.2 Å². The van der Waals surface area contributed by atoms with Crippen molar-refractivity contribution in [1.29, 1.82) is 0 Å². The van der Waals surface area contributed by atoms with Gasteiger partial charge in [0.2, 0.25) is 0 Å². The molecule has 6 heteroatoms. The average Bonchev–Trinajstić information content (AvgIpc) is 3.07. The van der Waals surface area contributed by atoms with Crippen LogP contribution in [0.4, 0.5) is 0 Å². The van der Waals surface area contributed by atoms with Crippen LogP contribution < -0.4 is 0 Å². The molecule has 0 unspecified atom stereocenters. The van der Waals surface area contributed by atoms with Crippen LogP contribution in [0.5, 0.6) is 0 Å². The highest BCUT2D eigenvalue weighted by Crippen LogP contribution is 2.16. The number of hydrogen-bond donors (Lipinski definition) is 0. The normalized spacial score (nSPS) is 12.2. The van der Waals surface area contributed by atoms with Crippen LogP contribution in [0.1, 0.15) is 234 Å². The van der Waals surface area contributed by atoms with Gasteiger partial charge in [-0.3, -0.25) is 14.4 Å². The molecule has 0 aliphatic rings. The van der Waals surface area contributed by atoms with Gasteiger partial charge in [-0.25, -0.2) is 0 Å². The highest BCUT2D eigenvalue weighted by Gasteiger charge is 2.19. The Morgan fingerprint density at radius 1 is 0.333 bits per heavy atom. The number of carbonyl (C=O) groups is 3. The first kappa shape index (κ1) is 49.4. The molecule has 0 amide bonds. The summed E-state index contributed by atoms with van der Waals surface area (Å²) < 4.78 is 16.7. The molecule has 0 heterocycles.